The van der Waals surface area contributed by atoms with Crippen molar-refractivity contribution in [3.63, 3.8) is 0 Å². The second-order valence-electron chi connectivity index (χ2n) is 6.76. The van der Waals surface area contributed by atoms with Gasteiger partial charge in [0.15, 0.2) is 0 Å². The lowest BCUT2D eigenvalue weighted by atomic mass is 10.1. The molecular formula is C20H24BrClN2O4S. The maximum atomic E-state index is 13.5. The zero-order valence-corrected chi connectivity index (χ0v) is 19.5. The lowest BCUT2D eigenvalue weighted by Crippen LogP contribution is -2.38. The number of ether oxygens (including phenoxy) is 2. The molecule has 2 N–H and O–H groups in total. The molecule has 0 bridgehead atoms. The van der Waals surface area contributed by atoms with Crippen LogP contribution in [0, 0.1) is 0 Å². The molecule has 0 fully saturated rings. The Kier molecular flexibility index (Phi) is 7.67. The SMILES string of the molecule is COc1ccc(CN(CC(O)CCl)C(=O)c2sc(Br)c3c2NCCC3)c(OC)c1. The normalized spacial score (nSPS) is 14.0. The fourth-order valence-electron chi connectivity index (χ4n) is 3.33. The summed E-state index contributed by atoms with van der Waals surface area (Å²) in [4.78, 5) is 15.7. The Morgan fingerprint density at radius 1 is 1.41 bits per heavy atom. The number of nitrogens with one attached hydrogen (secondary N) is 1. The average Bonchev–Trinajstić information content (AvgIpc) is 3.09. The molecule has 6 nitrogen and oxygen atoms in total. The van der Waals surface area contributed by atoms with E-state index in [-0.39, 0.29) is 24.9 Å². The number of aliphatic hydroxyl groups excluding tert-OH is 1. The van der Waals surface area contributed by atoms with Gasteiger partial charge in [-0.05, 0) is 40.9 Å². The molecule has 29 heavy (non-hydrogen) atoms. The van der Waals surface area contributed by atoms with Gasteiger partial charge in [-0.2, -0.15) is 0 Å². The van der Waals surface area contributed by atoms with E-state index in [1.165, 1.54) is 11.3 Å². The highest BCUT2D eigenvalue weighted by Gasteiger charge is 2.28. The number of nitrogens with zero attached hydrogens (tertiary/aromatic N) is 1. The van der Waals surface area contributed by atoms with Gasteiger partial charge in [0.2, 0.25) is 0 Å². The molecule has 1 atom stereocenters. The number of anilines is 1. The van der Waals surface area contributed by atoms with Gasteiger partial charge in [-0.25, -0.2) is 0 Å². The molecule has 0 aliphatic carbocycles. The number of rotatable bonds is 8. The standard InChI is InChI=1S/C20H24BrClN2O4S/c1-27-14-6-5-12(16(8-14)28-2)10-24(11-13(25)9-22)20(26)18-17-15(19(21)29-18)4-3-7-23-17/h5-6,8,13,23,25H,3-4,7,9-11H2,1-2H3. The van der Waals surface area contributed by atoms with Gasteiger partial charge in [-0.1, -0.05) is 0 Å². The minimum Gasteiger partial charge on any atom is -0.497 e. The van der Waals surface area contributed by atoms with Crippen molar-refractivity contribution in [1.29, 1.82) is 0 Å². The highest BCUT2D eigenvalue weighted by molar-refractivity contribution is 9.11. The molecule has 158 valence electrons. The molecule has 1 amide bonds. The van der Waals surface area contributed by atoms with Gasteiger partial charge in [0, 0.05) is 36.8 Å². The molecule has 0 spiro atoms. The smallest absolute Gasteiger partial charge is 0.266 e. The number of amides is 1. The summed E-state index contributed by atoms with van der Waals surface area (Å²) >= 11 is 10.8. The Morgan fingerprint density at radius 3 is 2.90 bits per heavy atom. The third kappa shape index (κ3) is 4.99. The first-order valence-corrected chi connectivity index (χ1v) is 11.4. The molecule has 1 aliphatic heterocycles. The van der Waals surface area contributed by atoms with E-state index in [2.05, 4.69) is 21.2 Å². The van der Waals surface area contributed by atoms with E-state index in [9.17, 15) is 9.90 Å². The Balaban J connectivity index is 1.93. The number of alkyl halides is 1. The van der Waals surface area contributed by atoms with Gasteiger partial charge in [0.05, 0.1) is 35.7 Å². The average molecular weight is 504 g/mol. The molecule has 2 aromatic rings. The number of benzene rings is 1. The lowest BCUT2D eigenvalue weighted by molar-refractivity contribution is 0.0638. The first-order valence-electron chi connectivity index (χ1n) is 9.27. The molecule has 1 unspecified atom stereocenters. The van der Waals surface area contributed by atoms with Crippen LogP contribution in [0.25, 0.3) is 0 Å². The summed E-state index contributed by atoms with van der Waals surface area (Å²) in [6, 6.07) is 5.47. The molecule has 2 heterocycles. The predicted molar refractivity (Wildman–Crippen MR) is 120 cm³/mol. The second kappa shape index (κ2) is 10.0. The Morgan fingerprint density at radius 2 is 2.21 bits per heavy atom. The zero-order valence-electron chi connectivity index (χ0n) is 16.3. The van der Waals surface area contributed by atoms with E-state index in [0.717, 1.165) is 40.0 Å². The van der Waals surface area contributed by atoms with Crippen LogP contribution < -0.4 is 14.8 Å². The van der Waals surface area contributed by atoms with Crippen LogP contribution in [0.1, 0.15) is 27.2 Å². The van der Waals surface area contributed by atoms with Crippen LogP contribution in [0.4, 0.5) is 5.69 Å². The molecule has 0 saturated carbocycles. The number of fused-ring (bicyclic) bond motifs is 1. The monoisotopic (exact) mass is 502 g/mol. The molecule has 1 aromatic carbocycles. The highest BCUT2D eigenvalue weighted by Crippen LogP contribution is 2.41. The summed E-state index contributed by atoms with van der Waals surface area (Å²) in [7, 11) is 3.17. The predicted octanol–water partition coefficient (Wildman–Crippen LogP) is 4.13. The Labute approximate surface area is 187 Å². The second-order valence-corrected chi connectivity index (χ2v) is 9.41. The quantitative estimate of drug-likeness (QED) is 0.530. The number of hydrogen-bond donors (Lipinski definition) is 2. The van der Waals surface area contributed by atoms with Gasteiger partial charge in [-0.15, -0.1) is 22.9 Å². The van der Waals surface area contributed by atoms with Crippen molar-refractivity contribution in [2.45, 2.75) is 25.5 Å². The van der Waals surface area contributed by atoms with E-state index in [0.29, 0.717) is 16.4 Å². The van der Waals surface area contributed by atoms with E-state index < -0.39 is 6.10 Å². The first kappa shape index (κ1) is 22.2. The van der Waals surface area contributed by atoms with Crippen LogP contribution in [-0.4, -0.2) is 55.2 Å². The van der Waals surface area contributed by atoms with Crippen molar-refractivity contribution in [3.05, 3.63) is 38.0 Å². The molecule has 0 radical (unpaired) electrons. The van der Waals surface area contributed by atoms with Gasteiger partial charge in [-0.3, -0.25) is 4.79 Å². The summed E-state index contributed by atoms with van der Waals surface area (Å²) in [5.74, 6) is 1.20. The van der Waals surface area contributed by atoms with Gasteiger partial charge in [0.1, 0.15) is 16.4 Å². The molecular weight excluding hydrogens is 480 g/mol. The minimum absolute atomic E-state index is 0.0496. The Bertz CT molecular complexity index is 876. The van der Waals surface area contributed by atoms with Crippen LogP contribution >= 0.6 is 38.9 Å². The summed E-state index contributed by atoms with van der Waals surface area (Å²) < 4.78 is 11.7. The van der Waals surface area contributed by atoms with Crippen LogP contribution in [0.5, 0.6) is 11.5 Å². The van der Waals surface area contributed by atoms with Gasteiger partial charge in [0.25, 0.3) is 5.91 Å². The highest BCUT2D eigenvalue weighted by atomic mass is 79.9. The van der Waals surface area contributed by atoms with Crippen molar-refractivity contribution >= 4 is 50.5 Å². The van der Waals surface area contributed by atoms with E-state index in [1.54, 1.807) is 25.2 Å². The van der Waals surface area contributed by atoms with Crippen LogP contribution in [0.2, 0.25) is 0 Å². The number of carbonyl (C=O) groups is 1. The van der Waals surface area contributed by atoms with Crippen molar-refractivity contribution in [1.82, 2.24) is 4.90 Å². The fourth-order valence-corrected chi connectivity index (χ4v) is 5.33. The maximum absolute atomic E-state index is 13.5. The van der Waals surface area contributed by atoms with Crippen molar-refractivity contribution < 1.29 is 19.4 Å². The van der Waals surface area contributed by atoms with Crippen LogP contribution in [0.3, 0.4) is 0 Å². The topological polar surface area (TPSA) is 71.0 Å². The Hall–Kier alpha value is -1.48. The van der Waals surface area contributed by atoms with E-state index in [4.69, 9.17) is 21.1 Å². The lowest BCUT2D eigenvalue weighted by Gasteiger charge is -2.26. The summed E-state index contributed by atoms with van der Waals surface area (Å²) in [6.07, 6.45) is 1.15. The zero-order chi connectivity index (χ0) is 21.0. The van der Waals surface area contributed by atoms with E-state index in [1.807, 2.05) is 12.1 Å². The number of hydrogen-bond acceptors (Lipinski definition) is 6. The molecule has 1 aliphatic rings. The summed E-state index contributed by atoms with van der Waals surface area (Å²) in [5, 5.41) is 13.5. The minimum atomic E-state index is -0.822. The fraction of sp³-hybridized carbons (Fsp3) is 0.450. The van der Waals surface area contributed by atoms with Gasteiger partial charge >= 0.3 is 0 Å². The van der Waals surface area contributed by atoms with Crippen molar-refractivity contribution in [3.8, 4) is 11.5 Å². The van der Waals surface area contributed by atoms with Crippen molar-refractivity contribution in [2.24, 2.45) is 0 Å². The maximum Gasteiger partial charge on any atom is 0.266 e. The molecule has 0 saturated heterocycles. The number of methoxy groups -OCH3 is 2. The third-order valence-electron chi connectivity index (χ3n) is 4.81. The summed E-state index contributed by atoms with van der Waals surface area (Å²) in [6.45, 7) is 1.25. The number of halogens is 2. The third-order valence-corrected chi connectivity index (χ3v) is 7.14. The molecule has 9 heteroatoms. The van der Waals surface area contributed by atoms with Crippen LogP contribution in [0.15, 0.2) is 22.0 Å². The molecule has 3 rings (SSSR count). The van der Waals surface area contributed by atoms with E-state index >= 15 is 0 Å². The van der Waals surface area contributed by atoms with Gasteiger partial charge < -0.3 is 24.8 Å². The number of aliphatic hydroxyl groups is 1. The number of thiophene rings is 1. The first-order chi connectivity index (χ1) is 14.0. The number of carbonyl (C=O) groups excluding carboxylic acids is 1. The van der Waals surface area contributed by atoms with Crippen molar-refractivity contribution in [2.75, 3.05) is 38.5 Å². The largest absolute Gasteiger partial charge is 0.497 e. The summed E-state index contributed by atoms with van der Waals surface area (Å²) in [5.41, 5.74) is 2.86. The molecule has 1 aromatic heterocycles. The van der Waals surface area contributed by atoms with Crippen LogP contribution in [-0.2, 0) is 13.0 Å².